The van der Waals surface area contributed by atoms with Gasteiger partial charge in [-0.25, -0.2) is 0 Å². The van der Waals surface area contributed by atoms with Crippen molar-refractivity contribution < 1.29 is 8.83 Å². The molecular formula is C74H52N2O2. The monoisotopic (exact) mass is 1000 g/mol. The quantitative estimate of drug-likeness (QED) is 0.129. The fourth-order valence-corrected chi connectivity index (χ4v) is 11.4. The van der Waals surface area contributed by atoms with Gasteiger partial charge in [-0.1, -0.05) is 182 Å². The van der Waals surface area contributed by atoms with Crippen molar-refractivity contribution in [3.05, 3.63) is 290 Å². The molecular weight excluding hydrogens is 949 g/mol. The lowest BCUT2D eigenvalue weighted by atomic mass is 9.95. The van der Waals surface area contributed by atoms with Gasteiger partial charge in [0.2, 0.25) is 0 Å². The third-order valence-electron chi connectivity index (χ3n) is 15.4. The van der Waals surface area contributed by atoms with Gasteiger partial charge in [-0.3, -0.25) is 0 Å². The van der Waals surface area contributed by atoms with Crippen molar-refractivity contribution in [2.24, 2.45) is 0 Å². The maximum atomic E-state index is 6.49. The van der Waals surface area contributed by atoms with E-state index in [4.69, 9.17) is 8.83 Å². The van der Waals surface area contributed by atoms with Gasteiger partial charge in [0.25, 0.3) is 0 Å². The van der Waals surface area contributed by atoms with E-state index in [-0.39, 0.29) is 0 Å². The van der Waals surface area contributed by atoms with Gasteiger partial charge >= 0.3 is 0 Å². The van der Waals surface area contributed by atoms with Crippen LogP contribution in [0.2, 0.25) is 0 Å². The fourth-order valence-electron chi connectivity index (χ4n) is 11.4. The highest BCUT2D eigenvalue weighted by Gasteiger charge is 2.20. The molecule has 78 heavy (non-hydrogen) atoms. The maximum absolute atomic E-state index is 6.49. The van der Waals surface area contributed by atoms with Crippen LogP contribution in [0, 0.1) is 13.8 Å². The van der Waals surface area contributed by atoms with Crippen LogP contribution in [0.1, 0.15) is 11.1 Å². The highest BCUT2D eigenvalue weighted by Crippen LogP contribution is 2.44. The molecule has 0 aliphatic carbocycles. The van der Waals surface area contributed by atoms with Gasteiger partial charge in [0.1, 0.15) is 22.3 Å². The van der Waals surface area contributed by atoms with Gasteiger partial charge in [-0.05, 0) is 172 Å². The second-order valence-corrected chi connectivity index (χ2v) is 20.2. The smallest absolute Gasteiger partial charge is 0.143 e. The molecule has 0 radical (unpaired) electrons. The van der Waals surface area contributed by atoms with Gasteiger partial charge in [0.15, 0.2) is 0 Å². The summed E-state index contributed by atoms with van der Waals surface area (Å²) in [6.45, 7) is 4.46. The van der Waals surface area contributed by atoms with E-state index < -0.39 is 0 Å². The standard InChI is InChI=1S/C74H52N2O2/c1-49-46-62(75(58-33-24-53(25-34-58)51-14-5-3-6-15-51)59-35-26-54(27-36-59)52-16-7-4-8-17-52)41-44-64(49)65-45-42-63(47-50(65)2)76(60-37-28-55(29-38-60)57-32-43-69-67-18-9-11-22-71(67)77-73(69)48-57)61-39-30-56(31-40-61)66-20-13-21-70-68-19-10-12-23-72(68)78-74(66)70/h3-48H,1-2H3. The zero-order valence-electron chi connectivity index (χ0n) is 43.3. The van der Waals surface area contributed by atoms with Gasteiger partial charge in [-0.2, -0.15) is 0 Å². The minimum Gasteiger partial charge on any atom is -0.456 e. The molecule has 0 saturated heterocycles. The Hall–Kier alpha value is -10.2. The van der Waals surface area contributed by atoms with Crippen LogP contribution in [0.3, 0.4) is 0 Å². The summed E-state index contributed by atoms with van der Waals surface area (Å²) in [5.41, 5.74) is 24.0. The molecule has 0 saturated carbocycles. The van der Waals surface area contributed by atoms with E-state index in [1.807, 2.05) is 24.3 Å². The summed E-state index contributed by atoms with van der Waals surface area (Å²) in [4.78, 5) is 4.72. The molecule has 0 fully saturated rings. The van der Waals surface area contributed by atoms with Gasteiger partial charge in [0.05, 0.1) is 0 Å². The molecule has 4 heteroatoms. The first-order valence-electron chi connectivity index (χ1n) is 26.6. The molecule has 0 aliphatic rings. The molecule has 14 rings (SSSR count). The molecule has 2 aromatic heterocycles. The molecule has 2 heterocycles. The number of hydrogen-bond donors (Lipinski definition) is 0. The molecule has 0 atom stereocenters. The van der Waals surface area contributed by atoms with Crippen molar-refractivity contribution in [1.29, 1.82) is 0 Å². The van der Waals surface area contributed by atoms with E-state index in [2.05, 4.69) is 278 Å². The minimum atomic E-state index is 0.887. The number of rotatable bonds is 11. The van der Waals surface area contributed by atoms with Gasteiger partial charge < -0.3 is 18.6 Å². The third kappa shape index (κ3) is 8.46. The van der Waals surface area contributed by atoms with Crippen LogP contribution < -0.4 is 9.80 Å². The Morgan fingerprint density at radius 1 is 0.231 bits per heavy atom. The lowest BCUT2D eigenvalue weighted by Crippen LogP contribution is -2.11. The number of hydrogen-bond acceptors (Lipinski definition) is 4. The highest BCUT2D eigenvalue weighted by molar-refractivity contribution is 6.10. The summed E-state index contributed by atoms with van der Waals surface area (Å²) in [7, 11) is 0. The molecule has 0 N–H and O–H groups in total. The molecule has 0 aliphatic heterocycles. The van der Waals surface area contributed by atoms with Crippen molar-refractivity contribution >= 4 is 78.0 Å². The SMILES string of the molecule is Cc1cc(N(c2ccc(-c3ccccc3)cc2)c2ccc(-c3ccccc3)cc2)ccc1-c1ccc(N(c2ccc(-c3ccc4c(c3)oc3ccccc34)cc2)c2ccc(-c3cccc4c3oc3ccccc34)cc2)cc1C. The largest absolute Gasteiger partial charge is 0.456 e. The van der Waals surface area contributed by atoms with Crippen LogP contribution >= 0.6 is 0 Å². The number of anilines is 6. The van der Waals surface area contributed by atoms with E-state index in [1.54, 1.807) is 0 Å². The van der Waals surface area contributed by atoms with Crippen LogP contribution in [-0.2, 0) is 0 Å². The Morgan fingerprint density at radius 3 is 1.10 bits per heavy atom. The number of furan rings is 2. The zero-order valence-corrected chi connectivity index (χ0v) is 43.3. The van der Waals surface area contributed by atoms with Crippen LogP contribution in [0.15, 0.2) is 288 Å². The Labute approximate surface area is 454 Å². The molecule has 14 aromatic rings. The molecule has 12 aromatic carbocycles. The lowest BCUT2D eigenvalue weighted by Gasteiger charge is -2.28. The van der Waals surface area contributed by atoms with Crippen LogP contribution in [0.5, 0.6) is 0 Å². The summed E-state index contributed by atoms with van der Waals surface area (Å²) in [6.07, 6.45) is 0. The highest BCUT2D eigenvalue weighted by atomic mass is 16.3. The summed E-state index contributed by atoms with van der Waals surface area (Å²) in [6, 6.07) is 99.9. The fraction of sp³-hybridized carbons (Fsp3) is 0.0270. The van der Waals surface area contributed by atoms with E-state index in [9.17, 15) is 0 Å². The average Bonchev–Trinajstić information content (AvgIpc) is 4.10. The number of benzene rings is 12. The van der Waals surface area contributed by atoms with Crippen molar-refractivity contribution in [1.82, 2.24) is 0 Å². The van der Waals surface area contributed by atoms with Crippen molar-refractivity contribution in [2.75, 3.05) is 9.80 Å². The molecule has 4 nitrogen and oxygen atoms in total. The minimum absolute atomic E-state index is 0.887. The van der Waals surface area contributed by atoms with Gasteiger partial charge in [0, 0.05) is 61.2 Å². The summed E-state index contributed by atoms with van der Waals surface area (Å²) in [5, 5.41) is 4.50. The first kappa shape index (κ1) is 46.4. The normalized spacial score (nSPS) is 11.5. The topological polar surface area (TPSA) is 32.8 Å². The first-order chi connectivity index (χ1) is 38.5. The predicted molar refractivity (Wildman–Crippen MR) is 327 cm³/mol. The number of para-hydroxylation sites is 3. The second-order valence-electron chi connectivity index (χ2n) is 20.2. The Kier molecular flexibility index (Phi) is 11.6. The molecule has 370 valence electrons. The first-order valence-corrected chi connectivity index (χ1v) is 26.6. The third-order valence-corrected chi connectivity index (χ3v) is 15.4. The molecule has 0 spiro atoms. The van der Waals surface area contributed by atoms with Crippen molar-refractivity contribution in [3.8, 4) is 55.6 Å². The summed E-state index contributed by atoms with van der Waals surface area (Å²) < 4.78 is 12.8. The van der Waals surface area contributed by atoms with E-state index in [1.165, 1.54) is 44.5 Å². The van der Waals surface area contributed by atoms with E-state index in [0.29, 0.717) is 0 Å². The molecule has 0 bridgehead atoms. The Balaban J connectivity index is 0.818. The maximum Gasteiger partial charge on any atom is 0.143 e. The molecule has 0 unspecified atom stereocenters. The Bertz CT molecular complexity index is 4400. The number of aryl methyl sites for hydroxylation is 2. The van der Waals surface area contributed by atoms with E-state index >= 15 is 0 Å². The number of fused-ring (bicyclic) bond motifs is 6. The van der Waals surface area contributed by atoms with Crippen LogP contribution in [0.25, 0.3) is 99.5 Å². The van der Waals surface area contributed by atoms with Crippen molar-refractivity contribution in [2.45, 2.75) is 13.8 Å². The van der Waals surface area contributed by atoms with E-state index in [0.717, 1.165) is 100 Å². The summed E-state index contributed by atoms with van der Waals surface area (Å²) >= 11 is 0. The molecule has 0 amide bonds. The lowest BCUT2D eigenvalue weighted by molar-refractivity contribution is 0.669. The second kappa shape index (κ2) is 19.5. The van der Waals surface area contributed by atoms with Crippen LogP contribution in [0.4, 0.5) is 34.1 Å². The summed E-state index contributed by atoms with van der Waals surface area (Å²) in [5.74, 6) is 0. The Morgan fingerprint density at radius 2 is 0.603 bits per heavy atom. The average molecular weight is 1000 g/mol. The predicted octanol–water partition coefficient (Wildman–Crippen LogP) is 21.4. The van der Waals surface area contributed by atoms with Crippen molar-refractivity contribution in [3.63, 3.8) is 0 Å². The number of nitrogens with zero attached hydrogens (tertiary/aromatic N) is 2. The zero-order chi connectivity index (χ0) is 52.1. The van der Waals surface area contributed by atoms with Crippen LogP contribution in [-0.4, -0.2) is 0 Å². The van der Waals surface area contributed by atoms with Gasteiger partial charge in [-0.15, -0.1) is 0 Å².